The van der Waals surface area contributed by atoms with E-state index in [-0.39, 0.29) is 5.91 Å². The third-order valence-corrected chi connectivity index (χ3v) is 3.64. The standard InChI is InChI=1S/C17H28N2O2/c1-3-5-8-14(4-2)13-19-17(20)11-12-21-16-10-7-6-9-15(16)18/h6-7,9-10,14H,3-5,8,11-13,18H2,1-2H3,(H,19,20). The van der Waals surface area contributed by atoms with E-state index in [1.165, 1.54) is 19.3 Å². The second kappa shape index (κ2) is 10.1. The summed E-state index contributed by atoms with van der Waals surface area (Å²) in [6.07, 6.45) is 5.09. The molecule has 0 heterocycles. The van der Waals surface area contributed by atoms with Crippen molar-refractivity contribution in [3.8, 4) is 5.75 Å². The number of para-hydroxylation sites is 2. The molecule has 118 valence electrons. The molecule has 1 aromatic rings. The Balaban J connectivity index is 2.20. The van der Waals surface area contributed by atoms with Crippen molar-refractivity contribution in [3.05, 3.63) is 24.3 Å². The number of carbonyl (C=O) groups excluding carboxylic acids is 1. The number of hydrogen-bond acceptors (Lipinski definition) is 3. The summed E-state index contributed by atoms with van der Waals surface area (Å²) in [6.45, 7) is 5.49. The molecule has 0 saturated carbocycles. The van der Waals surface area contributed by atoms with Gasteiger partial charge >= 0.3 is 0 Å². The predicted molar refractivity (Wildman–Crippen MR) is 87.3 cm³/mol. The van der Waals surface area contributed by atoms with E-state index in [1.54, 1.807) is 6.07 Å². The maximum Gasteiger partial charge on any atom is 0.223 e. The molecule has 0 radical (unpaired) electrons. The van der Waals surface area contributed by atoms with Gasteiger partial charge in [-0.15, -0.1) is 0 Å². The van der Waals surface area contributed by atoms with Gasteiger partial charge in [-0.05, 0) is 24.5 Å². The Morgan fingerprint density at radius 1 is 1.33 bits per heavy atom. The van der Waals surface area contributed by atoms with E-state index < -0.39 is 0 Å². The molecule has 1 rings (SSSR count). The molecule has 0 saturated heterocycles. The highest BCUT2D eigenvalue weighted by molar-refractivity contribution is 5.76. The van der Waals surface area contributed by atoms with Crippen molar-refractivity contribution < 1.29 is 9.53 Å². The molecule has 1 atom stereocenters. The summed E-state index contributed by atoms with van der Waals surface area (Å²) in [6, 6.07) is 7.32. The van der Waals surface area contributed by atoms with Crippen LogP contribution in [0.5, 0.6) is 5.75 Å². The van der Waals surface area contributed by atoms with Crippen molar-refractivity contribution in [3.63, 3.8) is 0 Å². The molecule has 3 N–H and O–H groups in total. The summed E-state index contributed by atoms with van der Waals surface area (Å²) in [5, 5.41) is 2.99. The van der Waals surface area contributed by atoms with E-state index in [0.717, 1.165) is 13.0 Å². The van der Waals surface area contributed by atoms with Crippen molar-refractivity contribution in [2.24, 2.45) is 5.92 Å². The molecule has 0 aliphatic heterocycles. The zero-order valence-corrected chi connectivity index (χ0v) is 13.2. The molecule has 0 aliphatic carbocycles. The fraction of sp³-hybridized carbons (Fsp3) is 0.588. The van der Waals surface area contributed by atoms with Gasteiger partial charge < -0.3 is 15.8 Å². The number of anilines is 1. The van der Waals surface area contributed by atoms with Gasteiger partial charge in [0.2, 0.25) is 5.91 Å². The molecule has 0 spiro atoms. The van der Waals surface area contributed by atoms with E-state index in [4.69, 9.17) is 10.5 Å². The number of rotatable bonds is 10. The van der Waals surface area contributed by atoms with Crippen LogP contribution in [0, 0.1) is 5.92 Å². The summed E-state index contributed by atoms with van der Waals surface area (Å²) < 4.78 is 5.52. The Morgan fingerprint density at radius 3 is 2.76 bits per heavy atom. The predicted octanol–water partition coefficient (Wildman–Crippen LogP) is 3.37. The number of nitrogen functional groups attached to an aromatic ring is 1. The smallest absolute Gasteiger partial charge is 0.223 e. The van der Waals surface area contributed by atoms with E-state index in [2.05, 4.69) is 19.2 Å². The van der Waals surface area contributed by atoms with Gasteiger partial charge in [0, 0.05) is 6.54 Å². The number of benzene rings is 1. The molecular formula is C17H28N2O2. The average molecular weight is 292 g/mol. The summed E-state index contributed by atoms with van der Waals surface area (Å²) in [5.41, 5.74) is 6.38. The topological polar surface area (TPSA) is 64.3 Å². The summed E-state index contributed by atoms with van der Waals surface area (Å²) in [5.74, 6) is 1.26. The molecule has 0 aromatic heterocycles. The molecular weight excluding hydrogens is 264 g/mol. The van der Waals surface area contributed by atoms with Gasteiger partial charge in [-0.1, -0.05) is 45.2 Å². The average Bonchev–Trinajstić information content (AvgIpc) is 2.49. The van der Waals surface area contributed by atoms with E-state index in [1.807, 2.05) is 18.2 Å². The molecule has 21 heavy (non-hydrogen) atoms. The third kappa shape index (κ3) is 7.02. The Kier molecular flexibility index (Phi) is 8.32. The van der Waals surface area contributed by atoms with Gasteiger partial charge in [-0.3, -0.25) is 4.79 Å². The Bertz CT molecular complexity index is 421. The summed E-state index contributed by atoms with van der Waals surface area (Å²) >= 11 is 0. The van der Waals surface area contributed by atoms with Crippen LogP contribution in [0.25, 0.3) is 0 Å². The molecule has 1 aromatic carbocycles. The molecule has 1 unspecified atom stereocenters. The lowest BCUT2D eigenvalue weighted by molar-refractivity contribution is -0.121. The van der Waals surface area contributed by atoms with Crippen molar-refractivity contribution in [2.75, 3.05) is 18.9 Å². The van der Waals surface area contributed by atoms with Crippen molar-refractivity contribution >= 4 is 11.6 Å². The van der Waals surface area contributed by atoms with Gasteiger partial charge in [-0.2, -0.15) is 0 Å². The largest absolute Gasteiger partial charge is 0.491 e. The Morgan fingerprint density at radius 2 is 2.10 bits per heavy atom. The fourth-order valence-electron chi connectivity index (χ4n) is 2.16. The summed E-state index contributed by atoms with van der Waals surface area (Å²) in [4.78, 5) is 11.8. The van der Waals surface area contributed by atoms with Crippen LogP contribution in [-0.2, 0) is 4.79 Å². The van der Waals surface area contributed by atoms with Crippen LogP contribution >= 0.6 is 0 Å². The molecule has 4 heteroatoms. The number of ether oxygens (including phenoxy) is 1. The maximum absolute atomic E-state index is 11.8. The minimum absolute atomic E-state index is 0.0412. The van der Waals surface area contributed by atoms with E-state index >= 15 is 0 Å². The lowest BCUT2D eigenvalue weighted by Crippen LogP contribution is -2.30. The fourth-order valence-corrected chi connectivity index (χ4v) is 2.16. The quantitative estimate of drug-likeness (QED) is 0.650. The molecule has 4 nitrogen and oxygen atoms in total. The highest BCUT2D eigenvalue weighted by atomic mass is 16.5. The van der Waals surface area contributed by atoms with Gasteiger partial charge in [-0.25, -0.2) is 0 Å². The van der Waals surface area contributed by atoms with Crippen molar-refractivity contribution in [2.45, 2.75) is 46.0 Å². The Hall–Kier alpha value is -1.71. The number of nitrogens with one attached hydrogen (secondary N) is 1. The lowest BCUT2D eigenvalue weighted by Gasteiger charge is -2.15. The van der Waals surface area contributed by atoms with Gasteiger partial charge in [0.15, 0.2) is 0 Å². The lowest BCUT2D eigenvalue weighted by atomic mass is 9.99. The third-order valence-electron chi connectivity index (χ3n) is 3.64. The van der Waals surface area contributed by atoms with Crippen LogP contribution in [0.15, 0.2) is 24.3 Å². The molecule has 0 bridgehead atoms. The first-order valence-corrected chi connectivity index (χ1v) is 7.91. The number of carbonyl (C=O) groups is 1. The van der Waals surface area contributed by atoms with Crippen molar-refractivity contribution in [1.29, 1.82) is 0 Å². The molecule has 1 amide bonds. The molecule has 0 aliphatic rings. The van der Waals surface area contributed by atoms with Crippen molar-refractivity contribution in [1.82, 2.24) is 5.32 Å². The second-order valence-electron chi connectivity index (χ2n) is 5.36. The second-order valence-corrected chi connectivity index (χ2v) is 5.36. The van der Waals surface area contributed by atoms with E-state index in [9.17, 15) is 4.79 Å². The van der Waals surface area contributed by atoms with Crippen LogP contribution in [0.2, 0.25) is 0 Å². The number of hydrogen-bond donors (Lipinski definition) is 2. The SMILES string of the molecule is CCCCC(CC)CNC(=O)CCOc1ccccc1N. The van der Waals surface area contributed by atoms with Crippen LogP contribution in [0.3, 0.4) is 0 Å². The Labute approximate surface area is 128 Å². The van der Waals surface area contributed by atoms with Gasteiger partial charge in [0.25, 0.3) is 0 Å². The first-order valence-electron chi connectivity index (χ1n) is 7.91. The van der Waals surface area contributed by atoms with E-state index in [0.29, 0.717) is 30.4 Å². The van der Waals surface area contributed by atoms with Gasteiger partial charge in [0.1, 0.15) is 5.75 Å². The first-order chi connectivity index (χ1) is 10.2. The highest BCUT2D eigenvalue weighted by Crippen LogP contribution is 2.19. The van der Waals surface area contributed by atoms with Crippen LogP contribution in [0.1, 0.15) is 46.0 Å². The number of unbranched alkanes of at least 4 members (excludes halogenated alkanes) is 1. The maximum atomic E-state index is 11.8. The number of amides is 1. The monoisotopic (exact) mass is 292 g/mol. The summed E-state index contributed by atoms with van der Waals surface area (Å²) in [7, 11) is 0. The molecule has 0 fully saturated rings. The zero-order chi connectivity index (χ0) is 15.5. The van der Waals surface area contributed by atoms with Crippen LogP contribution < -0.4 is 15.8 Å². The highest BCUT2D eigenvalue weighted by Gasteiger charge is 2.08. The zero-order valence-electron chi connectivity index (χ0n) is 13.2. The number of nitrogens with two attached hydrogens (primary N) is 1. The normalized spacial score (nSPS) is 11.9. The van der Waals surface area contributed by atoms with Crippen LogP contribution in [0.4, 0.5) is 5.69 Å². The minimum atomic E-state index is 0.0412. The first kappa shape index (κ1) is 17.3. The van der Waals surface area contributed by atoms with Gasteiger partial charge in [0.05, 0.1) is 18.7 Å². The minimum Gasteiger partial charge on any atom is -0.491 e. The van der Waals surface area contributed by atoms with Crippen LogP contribution in [-0.4, -0.2) is 19.1 Å².